The molecular formula is C19H22O7. The van der Waals surface area contributed by atoms with Gasteiger partial charge in [-0.25, -0.2) is 9.59 Å². The first-order chi connectivity index (χ1) is 12.5. The summed E-state index contributed by atoms with van der Waals surface area (Å²) in [7, 11) is 1.31. The molecule has 0 aliphatic carbocycles. The van der Waals surface area contributed by atoms with Crippen LogP contribution in [0.25, 0.3) is 6.08 Å². The van der Waals surface area contributed by atoms with Gasteiger partial charge in [0.25, 0.3) is 0 Å². The van der Waals surface area contributed by atoms with Crippen molar-refractivity contribution < 1.29 is 33.4 Å². The topological polar surface area (TPSA) is 96.0 Å². The van der Waals surface area contributed by atoms with E-state index < -0.39 is 5.97 Å². The molecule has 7 heteroatoms. The second-order valence-electron chi connectivity index (χ2n) is 4.60. The van der Waals surface area contributed by atoms with E-state index in [1.807, 2.05) is 25.1 Å². The van der Waals surface area contributed by atoms with Crippen LogP contribution >= 0.6 is 0 Å². The van der Waals surface area contributed by atoms with Crippen molar-refractivity contribution in [2.24, 2.45) is 0 Å². The Bertz CT molecular complexity index is 668. The summed E-state index contributed by atoms with van der Waals surface area (Å²) in [5, 5.41) is 0. The van der Waals surface area contributed by atoms with E-state index in [2.05, 4.69) is 4.74 Å². The number of carbonyl (C=O) groups excluding carboxylic acids is 4. The minimum absolute atomic E-state index is 0.223. The predicted molar refractivity (Wildman–Crippen MR) is 93.0 cm³/mol. The molecule has 26 heavy (non-hydrogen) atoms. The Morgan fingerprint density at radius 2 is 1.81 bits per heavy atom. The third-order valence-corrected chi connectivity index (χ3v) is 2.96. The predicted octanol–water partition coefficient (Wildman–Crippen LogP) is 2.57. The Morgan fingerprint density at radius 3 is 2.38 bits per heavy atom. The highest BCUT2D eigenvalue weighted by molar-refractivity contribution is 5.94. The third kappa shape index (κ3) is 9.20. The summed E-state index contributed by atoms with van der Waals surface area (Å²) in [6.07, 6.45) is 5.44. The van der Waals surface area contributed by atoms with Gasteiger partial charge in [0, 0.05) is 17.2 Å². The summed E-state index contributed by atoms with van der Waals surface area (Å²) >= 11 is 0. The van der Waals surface area contributed by atoms with Crippen LogP contribution < -0.4 is 4.74 Å². The number of esters is 2. The molecule has 0 saturated heterocycles. The van der Waals surface area contributed by atoms with Crippen LogP contribution in [0.5, 0.6) is 5.75 Å². The van der Waals surface area contributed by atoms with Gasteiger partial charge in [-0.3, -0.25) is 0 Å². The van der Waals surface area contributed by atoms with Gasteiger partial charge in [0.1, 0.15) is 12.4 Å². The van der Waals surface area contributed by atoms with Crippen molar-refractivity contribution >= 4 is 24.2 Å². The van der Waals surface area contributed by atoms with E-state index in [9.17, 15) is 9.59 Å². The van der Waals surface area contributed by atoms with E-state index >= 15 is 0 Å². The fourth-order valence-corrected chi connectivity index (χ4v) is 1.80. The Kier molecular flexibility index (Phi) is 12.5. The van der Waals surface area contributed by atoms with Crippen molar-refractivity contribution in [1.29, 1.82) is 0 Å². The summed E-state index contributed by atoms with van der Waals surface area (Å²) in [6.45, 7) is 4.23. The first-order valence-electron chi connectivity index (χ1n) is 7.87. The molecule has 0 spiro atoms. The summed E-state index contributed by atoms with van der Waals surface area (Å²) < 4.78 is 15.2. The first kappa shape index (κ1) is 22.8. The van der Waals surface area contributed by atoms with Crippen LogP contribution in [0, 0.1) is 0 Å². The van der Waals surface area contributed by atoms with Crippen molar-refractivity contribution in [3.05, 3.63) is 47.6 Å². The van der Waals surface area contributed by atoms with Crippen LogP contribution in [0.4, 0.5) is 0 Å². The van der Waals surface area contributed by atoms with Gasteiger partial charge in [-0.1, -0.05) is 25.1 Å². The number of ether oxygens (including phenoxy) is 3. The van der Waals surface area contributed by atoms with Gasteiger partial charge in [0.15, 0.2) is 0 Å². The van der Waals surface area contributed by atoms with Crippen molar-refractivity contribution in [3.63, 3.8) is 0 Å². The van der Waals surface area contributed by atoms with Crippen LogP contribution in [0.2, 0.25) is 0 Å². The van der Waals surface area contributed by atoms with Gasteiger partial charge in [-0.15, -0.1) is 0 Å². The molecule has 1 aromatic rings. The summed E-state index contributed by atoms with van der Waals surface area (Å²) in [4.78, 5) is 39.1. The number of methoxy groups -OCH3 is 1. The second-order valence-corrected chi connectivity index (χ2v) is 4.60. The standard InChI is InChI=1S/C18H22O5.CO2/c1-4-14(18(20)22-5-2)13-15-9-6-7-10-16(15)23-12-8-11-17(19)21-3;2-1-3/h6-11,13H,4-5,12H2,1-3H3;/b11-8+,14-13+;. The van der Waals surface area contributed by atoms with E-state index in [0.29, 0.717) is 24.4 Å². The summed E-state index contributed by atoms with van der Waals surface area (Å²) in [5.41, 5.74) is 1.36. The van der Waals surface area contributed by atoms with Crippen LogP contribution in [-0.2, 0) is 28.7 Å². The van der Waals surface area contributed by atoms with Crippen molar-refractivity contribution in [2.75, 3.05) is 20.3 Å². The molecule has 140 valence electrons. The Balaban J connectivity index is 0.00000194. The molecule has 1 aromatic carbocycles. The maximum absolute atomic E-state index is 11.9. The van der Waals surface area contributed by atoms with Crippen LogP contribution in [-0.4, -0.2) is 38.4 Å². The molecule has 0 saturated carbocycles. The number of rotatable bonds is 8. The van der Waals surface area contributed by atoms with Gasteiger partial charge in [0.05, 0.1) is 13.7 Å². The lowest BCUT2D eigenvalue weighted by atomic mass is 10.1. The molecule has 0 N–H and O–H groups in total. The minimum atomic E-state index is -0.433. The second kappa shape index (κ2) is 14.2. The van der Waals surface area contributed by atoms with E-state index in [-0.39, 0.29) is 18.7 Å². The van der Waals surface area contributed by atoms with Crippen molar-refractivity contribution in [1.82, 2.24) is 0 Å². The van der Waals surface area contributed by atoms with Gasteiger partial charge >= 0.3 is 18.1 Å². The Morgan fingerprint density at radius 1 is 1.15 bits per heavy atom. The third-order valence-electron chi connectivity index (χ3n) is 2.96. The fraction of sp³-hybridized carbons (Fsp3) is 0.316. The number of hydrogen-bond donors (Lipinski definition) is 0. The van der Waals surface area contributed by atoms with E-state index in [1.165, 1.54) is 13.2 Å². The molecule has 0 radical (unpaired) electrons. The summed E-state index contributed by atoms with van der Waals surface area (Å²) in [5.74, 6) is -0.134. The summed E-state index contributed by atoms with van der Waals surface area (Å²) in [6, 6.07) is 7.36. The zero-order valence-corrected chi connectivity index (χ0v) is 15.0. The molecule has 0 aliphatic rings. The fourth-order valence-electron chi connectivity index (χ4n) is 1.80. The Labute approximate surface area is 152 Å². The largest absolute Gasteiger partial charge is 0.489 e. The molecular weight excluding hydrogens is 340 g/mol. The maximum Gasteiger partial charge on any atom is 0.373 e. The molecule has 7 nitrogen and oxygen atoms in total. The van der Waals surface area contributed by atoms with Crippen molar-refractivity contribution in [2.45, 2.75) is 20.3 Å². The van der Waals surface area contributed by atoms with Crippen molar-refractivity contribution in [3.8, 4) is 5.75 Å². The van der Waals surface area contributed by atoms with Crippen LogP contribution in [0.3, 0.4) is 0 Å². The van der Waals surface area contributed by atoms with E-state index in [1.54, 1.807) is 25.1 Å². The lowest BCUT2D eigenvalue weighted by Gasteiger charge is -2.09. The SMILES string of the molecule is CCOC(=O)/C(=C/c1ccccc1OC/C=C/C(=O)OC)CC.O=C=O. The van der Waals surface area contributed by atoms with E-state index in [4.69, 9.17) is 19.1 Å². The van der Waals surface area contributed by atoms with Gasteiger partial charge in [-0.2, -0.15) is 9.59 Å². The molecule has 0 atom stereocenters. The first-order valence-corrected chi connectivity index (χ1v) is 7.87. The average Bonchev–Trinajstić information content (AvgIpc) is 2.64. The smallest absolute Gasteiger partial charge is 0.373 e. The maximum atomic E-state index is 11.9. The number of para-hydroxylation sites is 1. The number of hydrogen-bond acceptors (Lipinski definition) is 7. The average molecular weight is 362 g/mol. The quantitative estimate of drug-likeness (QED) is 0.518. The molecule has 0 aliphatic heterocycles. The highest BCUT2D eigenvalue weighted by Crippen LogP contribution is 2.22. The normalized spacial score (nSPS) is 10.3. The number of benzene rings is 1. The van der Waals surface area contributed by atoms with Crippen LogP contribution in [0.15, 0.2) is 42.0 Å². The highest BCUT2D eigenvalue weighted by atomic mass is 16.5. The van der Waals surface area contributed by atoms with E-state index in [0.717, 1.165) is 5.56 Å². The molecule has 0 amide bonds. The molecule has 1 rings (SSSR count). The zero-order valence-electron chi connectivity index (χ0n) is 15.0. The lowest BCUT2D eigenvalue weighted by molar-refractivity contribution is -0.191. The highest BCUT2D eigenvalue weighted by Gasteiger charge is 2.10. The van der Waals surface area contributed by atoms with Gasteiger partial charge in [0.2, 0.25) is 0 Å². The monoisotopic (exact) mass is 362 g/mol. The molecule has 0 unspecified atom stereocenters. The number of carbonyl (C=O) groups is 2. The molecule has 0 heterocycles. The lowest BCUT2D eigenvalue weighted by Crippen LogP contribution is -2.07. The molecule has 0 aromatic heterocycles. The van der Waals surface area contributed by atoms with Gasteiger partial charge in [-0.05, 0) is 31.6 Å². The van der Waals surface area contributed by atoms with Gasteiger partial charge < -0.3 is 14.2 Å². The minimum Gasteiger partial charge on any atom is -0.489 e. The van der Waals surface area contributed by atoms with Crippen LogP contribution in [0.1, 0.15) is 25.8 Å². The Hall–Kier alpha value is -3.18. The zero-order chi connectivity index (χ0) is 19.8. The molecule has 0 bridgehead atoms. The molecule has 0 fully saturated rings.